The average molecular weight is 699 g/mol. The fourth-order valence-corrected chi connectivity index (χ4v) is 9.94. The second-order valence-corrected chi connectivity index (χ2v) is 15.3. The Labute approximate surface area is 313 Å². The number of hydrogen-bond donors (Lipinski definition) is 0. The van der Waals surface area contributed by atoms with Gasteiger partial charge in [0.05, 0.1) is 27.1 Å². The van der Waals surface area contributed by atoms with Crippen molar-refractivity contribution in [1.29, 1.82) is 0 Å². The third-order valence-corrected chi connectivity index (χ3v) is 12.4. The minimum Gasteiger partial charge on any atom is -0.456 e. The van der Waals surface area contributed by atoms with Gasteiger partial charge in [-0.25, -0.2) is 0 Å². The van der Waals surface area contributed by atoms with Gasteiger partial charge in [0.2, 0.25) is 0 Å². The number of aryl methyl sites for hydroxylation is 1. The van der Waals surface area contributed by atoms with Crippen LogP contribution in [0.5, 0.6) is 0 Å². The number of fused-ring (bicyclic) bond motifs is 9. The molecule has 0 saturated carbocycles. The second kappa shape index (κ2) is 12.2. The molecule has 0 bridgehead atoms. The molecule has 252 valence electrons. The first-order valence-electron chi connectivity index (χ1n) is 18.7. The lowest BCUT2D eigenvalue weighted by Crippen LogP contribution is -2.10. The van der Waals surface area contributed by atoms with Crippen LogP contribution in [0.4, 0.5) is 17.1 Å². The summed E-state index contributed by atoms with van der Waals surface area (Å²) in [5.41, 5.74) is 12.3. The van der Waals surface area contributed by atoms with Crippen molar-refractivity contribution in [3.05, 3.63) is 167 Å². The lowest BCUT2D eigenvalue weighted by Gasteiger charge is -2.25. The summed E-state index contributed by atoms with van der Waals surface area (Å²) in [6.07, 6.45) is 22.6. The van der Waals surface area contributed by atoms with E-state index in [9.17, 15) is 0 Å². The summed E-state index contributed by atoms with van der Waals surface area (Å²) >= 11 is 1.84. The molecular formula is C49H34N2OS. The van der Waals surface area contributed by atoms with Gasteiger partial charge in [-0.05, 0) is 92.1 Å². The molecule has 3 heterocycles. The van der Waals surface area contributed by atoms with Gasteiger partial charge in [0.25, 0.3) is 0 Å². The zero-order valence-corrected chi connectivity index (χ0v) is 30.0. The number of furan rings is 1. The molecular weight excluding hydrogens is 665 g/mol. The molecule has 0 radical (unpaired) electrons. The summed E-state index contributed by atoms with van der Waals surface area (Å²) < 4.78 is 10.0. The number of nitrogens with zero attached hydrogens (tertiary/aromatic N) is 2. The Bertz CT molecular complexity index is 2860. The van der Waals surface area contributed by atoms with Gasteiger partial charge in [0.15, 0.2) is 0 Å². The molecule has 3 nitrogen and oxygen atoms in total. The molecule has 53 heavy (non-hydrogen) atoms. The summed E-state index contributed by atoms with van der Waals surface area (Å²) in [4.78, 5) is 3.78. The molecule has 0 spiro atoms. The van der Waals surface area contributed by atoms with Crippen molar-refractivity contribution >= 4 is 89.2 Å². The smallest absolute Gasteiger partial charge is 0.137 e. The standard InChI is InChI=1S/C49H34N2OS/c1-3-13-32(14-4-1)33-25-28-36-39-31-35(27-30-41(39)50(40(36)29-26-33)34-15-5-2-6-16-34)51(42-19-11-22-45-48(42)37-17-7-9-21-44(37)52-45)43-20-12-24-47-49(43)38-18-8-10-23-46(38)53-47/h1,3-5,7-9,11,13-22,25,28,31,33H,2,6,10,23,26,29H2. The first kappa shape index (κ1) is 30.4. The molecule has 0 amide bonds. The average Bonchev–Trinajstić information content (AvgIpc) is 3.83. The van der Waals surface area contributed by atoms with Crippen LogP contribution in [0.1, 0.15) is 58.9 Å². The molecule has 4 heteroatoms. The van der Waals surface area contributed by atoms with Crippen LogP contribution in [0.15, 0.2) is 120 Å². The highest BCUT2D eigenvalue weighted by Crippen LogP contribution is 2.48. The van der Waals surface area contributed by atoms with E-state index in [-0.39, 0.29) is 0 Å². The Balaban J connectivity index is 1.19. The van der Waals surface area contributed by atoms with Crippen molar-refractivity contribution in [3.63, 3.8) is 0 Å². The van der Waals surface area contributed by atoms with E-state index in [1.807, 2.05) is 17.4 Å². The van der Waals surface area contributed by atoms with Crippen LogP contribution in [0.3, 0.4) is 0 Å². The van der Waals surface area contributed by atoms with Gasteiger partial charge in [0.1, 0.15) is 16.7 Å². The van der Waals surface area contributed by atoms with Crippen LogP contribution in [-0.2, 0) is 12.8 Å². The van der Waals surface area contributed by atoms with Crippen molar-refractivity contribution in [2.75, 3.05) is 4.90 Å². The van der Waals surface area contributed by atoms with Gasteiger partial charge in [-0.3, -0.25) is 0 Å². The molecule has 0 saturated heterocycles. The van der Waals surface area contributed by atoms with Crippen molar-refractivity contribution < 1.29 is 4.42 Å². The lowest BCUT2D eigenvalue weighted by molar-refractivity contribution is 0.669. The van der Waals surface area contributed by atoms with E-state index in [2.05, 4.69) is 155 Å². The van der Waals surface area contributed by atoms with E-state index in [1.165, 1.54) is 43.7 Å². The highest BCUT2D eigenvalue weighted by atomic mass is 32.1. The predicted octanol–water partition coefficient (Wildman–Crippen LogP) is 13.3. The summed E-state index contributed by atoms with van der Waals surface area (Å²) in [6.45, 7) is 0. The van der Waals surface area contributed by atoms with E-state index in [0.29, 0.717) is 5.92 Å². The quantitative estimate of drug-likeness (QED) is 0.178. The third-order valence-electron chi connectivity index (χ3n) is 11.2. The first-order chi connectivity index (χ1) is 26.3. The minimum atomic E-state index is 0.354. The maximum atomic E-state index is 6.46. The van der Waals surface area contributed by atoms with Crippen LogP contribution in [-0.4, -0.2) is 4.57 Å². The highest BCUT2D eigenvalue weighted by Gasteiger charge is 2.27. The molecule has 0 fully saturated rings. The van der Waals surface area contributed by atoms with Crippen LogP contribution in [0.2, 0.25) is 0 Å². The Morgan fingerprint density at radius 3 is 2.55 bits per heavy atom. The van der Waals surface area contributed by atoms with Gasteiger partial charge >= 0.3 is 0 Å². The van der Waals surface area contributed by atoms with Gasteiger partial charge < -0.3 is 13.9 Å². The highest BCUT2D eigenvalue weighted by molar-refractivity contribution is 7.19. The zero-order valence-electron chi connectivity index (χ0n) is 29.2. The number of allylic oxidation sites excluding steroid dienone is 6. The Morgan fingerprint density at radius 1 is 0.736 bits per heavy atom. The van der Waals surface area contributed by atoms with Gasteiger partial charge in [-0.15, -0.1) is 11.3 Å². The van der Waals surface area contributed by atoms with Crippen molar-refractivity contribution in [3.8, 4) is 0 Å². The molecule has 0 aliphatic heterocycles. The van der Waals surface area contributed by atoms with E-state index in [4.69, 9.17) is 4.42 Å². The number of aromatic nitrogens is 1. The maximum Gasteiger partial charge on any atom is 0.137 e. The zero-order chi connectivity index (χ0) is 34.9. The van der Waals surface area contributed by atoms with Crippen LogP contribution < -0.4 is 4.90 Å². The normalized spacial score (nSPS) is 16.4. The van der Waals surface area contributed by atoms with E-state index in [0.717, 1.165) is 87.7 Å². The molecule has 3 aliphatic rings. The van der Waals surface area contributed by atoms with Crippen molar-refractivity contribution in [1.82, 2.24) is 4.57 Å². The van der Waals surface area contributed by atoms with Gasteiger partial charge in [-0.1, -0.05) is 103 Å². The molecule has 3 aliphatic carbocycles. The maximum absolute atomic E-state index is 6.46. The minimum absolute atomic E-state index is 0.354. The summed E-state index contributed by atoms with van der Waals surface area (Å²) in [6, 6.07) is 44.5. The van der Waals surface area contributed by atoms with Crippen LogP contribution in [0, 0.1) is 24.3 Å². The number of benzene rings is 3. The monoisotopic (exact) mass is 698 g/mol. The predicted molar refractivity (Wildman–Crippen MR) is 221 cm³/mol. The van der Waals surface area contributed by atoms with Crippen LogP contribution in [0.25, 0.3) is 60.8 Å². The number of hydrogen-bond acceptors (Lipinski definition) is 3. The number of anilines is 3. The topological polar surface area (TPSA) is 21.3 Å². The van der Waals surface area contributed by atoms with Gasteiger partial charge in [0, 0.05) is 50.0 Å². The molecule has 11 rings (SSSR count). The Morgan fingerprint density at radius 2 is 1.62 bits per heavy atom. The number of rotatable bonds is 5. The number of thiophene rings is 1. The Kier molecular flexibility index (Phi) is 7.00. The van der Waals surface area contributed by atoms with E-state index < -0.39 is 0 Å². The van der Waals surface area contributed by atoms with E-state index >= 15 is 0 Å². The van der Waals surface area contributed by atoms with Gasteiger partial charge in [-0.2, -0.15) is 0 Å². The molecule has 5 aromatic carbocycles. The van der Waals surface area contributed by atoms with Crippen LogP contribution >= 0.6 is 11.3 Å². The molecule has 1 unspecified atom stereocenters. The molecule has 8 aromatic rings. The first-order valence-corrected chi connectivity index (χ1v) is 19.5. The second-order valence-electron chi connectivity index (χ2n) is 14.2. The fourth-order valence-electron chi connectivity index (χ4n) is 8.77. The third kappa shape index (κ3) is 4.84. The fraction of sp³-hybridized carbons (Fsp3) is 0.143. The summed E-state index contributed by atoms with van der Waals surface area (Å²) in [5, 5.41) is 4.56. The molecule has 1 atom stereocenters. The molecule has 3 aromatic heterocycles. The van der Waals surface area contributed by atoms with Crippen molar-refractivity contribution in [2.24, 2.45) is 0 Å². The SMILES string of the molecule is c1cc(N(c2c#cc3c(c2)c2c(n3C3=CCCC=C3)CCC(c3ccccc3)C=C2)c2cccc3oc4ccccc4c23)c2c3c(sc2c#1)CCC=C3. The molecule has 0 N–H and O–H groups in total. The van der Waals surface area contributed by atoms with E-state index in [1.54, 1.807) is 0 Å². The summed E-state index contributed by atoms with van der Waals surface area (Å²) in [7, 11) is 0. The number of para-hydroxylation sites is 1. The lowest BCUT2D eigenvalue weighted by atomic mass is 9.94. The summed E-state index contributed by atoms with van der Waals surface area (Å²) in [5.74, 6) is 0.354. The van der Waals surface area contributed by atoms with Crippen molar-refractivity contribution in [2.45, 2.75) is 44.4 Å². The Hall–Kier alpha value is -6.20. The largest absolute Gasteiger partial charge is 0.456 e.